The van der Waals surface area contributed by atoms with Gasteiger partial charge in [-0.2, -0.15) is 0 Å². The molecule has 3 aromatic rings. The summed E-state index contributed by atoms with van der Waals surface area (Å²) in [4.78, 5) is 16.9. The second kappa shape index (κ2) is 8.95. The summed E-state index contributed by atoms with van der Waals surface area (Å²) in [7, 11) is 3.03. The molecule has 1 N–H and O–H groups in total. The molecule has 1 aromatic heterocycles. The summed E-state index contributed by atoms with van der Waals surface area (Å²) < 4.78 is 50.6. The number of nitrogens with one attached hydrogen (secondary N) is 1. The van der Waals surface area contributed by atoms with Crippen molar-refractivity contribution in [1.82, 2.24) is 4.98 Å². The lowest BCUT2D eigenvalue weighted by molar-refractivity contribution is -0.115. The van der Waals surface area contributed by atoms with Gasteiger partial charge in [0.2, 0.25) is 5.91 Å². The van der Waals surface area contributed by atoms with Gasteiger partial charge in [-0.1, -0.05) is 12.1 Å². The van der Waals surface area contributed by atoms with Crippen molar-refractivity contribution in [2.45, 2.75) is 12.8 Å². The van der Waals surface area contributed by atoms with E-state index in [0.717, 1.165) is 23.0 Å². The molecule has 0 aliphatic rings. The van der Waals surface area contributed by atoms with Crippen molar-refractivity contribution < 1.29 is 27.4 Å². The predicted octanol–water partition coefficient (Wildman–Crippen LogP) is 4.35. The van der Waals surface area contributed by atoms with E-state index in [-0.39, 0.29) is 24.3 Å². The molecule has 3 rings (SSSR count). The molecule has 0 bridgehead atoms. The maximum Gasteiger partial charge on any atom is 0.230 e. The predicted molar refractivity (Wildman–Crippen MR) is 103 cm³/mol. The number of hydrogen-bond donors (Lipinski definition) is 1. The second-order valence-electron chi connectivity index (χ2n) is 6.06. The number of aromatic nitrogens is 1. The van der Waals surface area contributed by atoms with Crippen molar-refractivity contribution >= 4 is 22.4 Å². The summed E-state index contributed by atoms with van der Waals surface area (Å²) in [6, 6.07) is 7.22. The first-order valence-electron chi connectivity index (χ1n) is 8.49. The molecule has 0 radical (unpaired) electrons. The van der Waals surface area contributed by atoms with E-state index in [1.165, 1.54) is 26.5 Å². The first-order chi connectivity index (χ1) is 13.9. The molecule has 152 valence electrons. The lowest BCUT2D eigenvalue weighted by atomic mass is 10.1. The third-order valence-corrected chi connectivity index (χ3v) is 5.01. The molecule has 9 heteroatoms. The fourth-order valence-electron chi connectivity index (χ4n) is 2.68. The third-order valence-electron chi connectivity index (χ3n) is 4.09. The lowest BCUT2D eigenvalue weighted by Crippen LogP contribution is -2.14. The van der Waals surface area contributed by atoms with Crippen LogP contribution < -0.4 is 14.8 Å². The molecule has 0 saturated heterocycles. The summed E-state index contributed by atoms with van der Waals surface area (Å²) in [5.41, 5.74) is 0.733. The minimum atomic E-state index is -1.50. The van der Waals surface area contributed by atoms with Gasteiger partial charge in [0.1, 0.15) is 0 Å². The van der Waals surface area contributed by atoms with Crippen LogP contribution in [0.15, 0.2) is 36.5 Å². The summed E-state index contributed by atoms with van der Waals surface area (Å²) in [6.45, 7) is 0. The SMILES string of the molecule is COc1ccc(CC(=O)Nc2ncc(Cc3ccc(F)c(F)c3F)s2)cc1OC. The fraction of sp³-hybridized carbons (Fsp3) is 0.200. The number of nitrogens with zero attached hydrogens (tertiary/aromatic N) is 1. The number of benzene rings is 2. The van der Waals surface area contributed by atoms with Crippen molar-refractivity contribution in [3.8, 4) is 11.5 Å². The fourth-order valence-corrected chi connectivity index (χ4v) is 3.53. The Labute approximate surface area is 169 Å². The minimum absolute atomic E-state index is 0.00996. The van der Waals surface area contributed by atoms with Gasteiger partial charge in [-0.3, -0.25) is 4.79 Å². The molecule has 0 aliphatic carbocycles. The quantitative estimate of drug-likeness (QED) is 0.575. The number of carbonyl (C=O) groups excluding carboxylic acids is 1. The maximum atomic E-state index is 13.8. The highest BCUT2D eigenvalue weighted by Gasteiger charge is 2.15. The number of methoxy groups -OCH3 is 2. The molecule has 2 aromatic carbocycles. The van der Waals surface area contributed by atoms with Crippen LogP contribution in [0, 0.1) is 17.5 Å². The first kappa shape index (κ1) is 20.7. The Kier molecular flexibility index (Phi) is 6.38. The number of amides is 1. The Bertz CT molecular complexity index is 1040. The summed E-state index contributed by atoms with van der Waals surface area (Å²) in [5, 5.41) is 2.99. The topological polar surface area (TPSA) is 60.5 Å². The molecule has 1 amide bonds. The zero-order chi connectivity index (χ0) is 21.0. The van der Waals surface area contributed by atoms with Crippen LogP contribution in [-0.4, -0.2) is 25.1 Å². The van der Waals surface area contributed by atoms with Gasteiger partial charge in [0.25, 0.3) is 0 Å². The molecule has 0 saturated carbocycles. The van der Waals surface area contributed by atoms with Gasteiger partial charge < -0.3 is 14.8 Å². The molecule has 1 heterocycles. The van der Waals surface area contributed by atoms with E-state index in [9.17, 15) is 18.0 Å². The summed E-state index contributed by atoms with van der Waals surface area (Å²) in [6.07, 6.45) is 1.58. The Morgan fingerprint density at radius 1 is 1.07 bits per heavy atom. The molecule has 0 atom stereocenters. The van der Waals surface area contributed by atoms with Gasteiger partial charge in [-0.15, -0.1) is 11.3 Å². The Hall–Kier alpha value is -3.07. The largest absolute Gasteiger partial charge is 0.493 e. The first-order valence-corrected chi connectivity index (χ1v) is 9.30. The van der Waals surface area contributed by atoms with Crippen LogP contribution in [-0.2, 0) is 17.6 Å². The van der Waals surface area contributed by atoms with Crippen LogP contribution in [0.3, 0.4) is 0 Å². The van der Waals surface area contributed by atoms with Crippen LogP contribution in [0.2, 0.25) is 0 Å². The normalized spacial score (nSPS) is 10.7. The number of rotatable bonds is 7. The van der Waals surface area contributed by atoms with Crippen LogP contribution in [0.25, 0.3) is 0 Å². The maximum absolute atomic E-state index is 13.8. The Balaban J connectivity index is 1.64. The number of hydrogen-bond acceptors (Lipinski definition) is 5. The second-order valence-corrected chi connectivity index (χ2v) is 7.17. The van der Waals surface area contributed by atoms with Crippen molar-refractivity contribution in [2.75, 3.05) is 19.5 Å². The van der Waals surface area contributed by atoms with Crippen molar-refractivity contribution in [2.24, 2.45) is 0 Å². The van der Waals surface area contributed by atoms with Gasteiger partial charge in [0.05, 0.1) is 20.6 Å². The molecule has 5 nitrogen and oxygen atoms in total. The van der Waals surface area contributed by atoms with Gasteiger partial charge in [-0.25, -0.2) is 18.2 Å². The van der Waals surface area contributed by atoms with E-state index in [0.29, 0.717) is 21.5 Å². The highest BCUT2D eigenvalue weighted by atomic mass is 32.1. The van der Waals surface area contributed by atoms with Crippen LogP contribution in [0.1, 0.15) is 16.0 Å². The molecule has 0 spiro atoms. The third kappa shape index (κ3) is 4.86. The summed E-state index contributed by atoms with van der Waals surface area (Å²) >= 11 is 1.13. The van der Waals surface area contributed by atoms with E-state index in [1.807, 2.05) is 0 Å². The van der Waals surface area contributed by atoms with Gasteiger partial charge in [0, 0.05) is 17.5 Å². The molecule has 0 fully saturated rings. The number of halogens is 3. The molecule has 0 aliphatic heterocycles. The number of carbonyl (C=O) groups is 1. The van der Waals surface area contributed by atoms with Crippen LogP contribution in [0.5, 0.6) is 11.5 Å². The Morgan fingerprint density at radius 2 is 1.83 bits per heavy atom. The summed E-state index contributed by atoms with van der Waals surface area (Å²) in [5.74, 6) is -3.18. The molecule has 29 heavy (non-hydrogen) atoms. The minimum Gasteiger partial charge on any atom is -0.493 e. The number of anilines is 1. The standard InChI is InChI=1S/C20H17F3N2O3S/c1-27-15-6-3-11(7-16(15)28-2)8-17(26)25-20-24-10-13(29-20)9-12-4-5-14(21)19(23)18(12)22/h3-7,10H,8-9H2,1-2H3,(H,24,25,26). The van der Waals surface area contributed by atoms with Gasteiger partial charge >= 0.3 is 0 Å². The van der Waals surface area contributed by atoms with E-state index < -0.39 is 17.5 Å². The molecule has 0 unspecified atom stereocenters. The van der Waals surface area contributed by atoms with E-state index >= 15 is 0 Å². The van der Waals surface area contributed by atoms with E-state index in [1.54, 1.807) is 18.2 Å². The van der Waals surface area contributed by atoms with Gasteiger partial charge in [-0.05, 0) is 29.3 Å². The molecular weight excluding hydrogens is 405 g/mol. The average Bonchev–Trinajstić information content (AvgIpc) is 3.14. The number of thiazole rings is 1. The zero-order valence-corrected chi connectivity index (χ0v) is 16.4. The van der Waals surface area contributed by atoms with Crippen molar-refractivity contribution in [3.05, 3.63) is 70.0 Å². The highest BCUT2D eigenvalue weighted by Crippen LogP contribution is 2.28. The van der Waals surface area contributed by atoms with Gasteiger partial charge in [0.15, 0.2) is 34.1 Å². The smallest absolute Gasteiger partial charge is 0.230 e. The highest BCUT2D eigenvalue weighted by molar-refractivity contribution is 7.15. The van der Waals surface area contributed by atoms with Crippen molar-refractivity contribution in [3.63, 3.8) is 0 Å². The van der Waals surface area contributed by atoms with E-state index in [2.05, 4.69) is 10.3 Å². The zero-order valence-electron chi connectivity index (χ0n) is 15.6. The van der Waals surface area contributed by atoms with Crippen LogP contribution in [0.4, 0.5) is 18.3 Å². The monoisotopic (exact) mass is 422 g/mol. The average molecular weight is 422 g/mol. The Morgan fingerprint density at radius 3 is 2.55 bits per heavy atom. The molecular formula is C20H17F3N2O3S. The van der Waals surface area contributed by atoms with Crippen molar-refractivity contribution in [1.29, 1.82) is 0 Å². The van der Waals surface area contributed by atoms with E-state index in [4.69, 9.17) is 9.47 Å². The lowest BCUT2D eigenvalue weighted by Gasteiger charge is -2.09. The number of ether oxygens (including phenoxy) is 2. The van der Waals surface area contributed by atoms with Crippen LogP contribution >= 0.6 is 11.3 Å².